The Morgan fingerprint density at radius 2 is 2.00 bits per heavy atom. The maximum absolute atomic E-state index is 9.46. The van der Waals surface area contributed by atoms with E-state index in [9.17, 15) is 5.11 Å². The maximum atomic E-state index is 9.46. The van der Waals surface area contributed by atoms with E-state index in [1.807, 2.05) is 31.2 Å². The molecule has 0 saturated heterocycles. The van der Waals surface area contributed by atoms with E-state index < -0.39 is 0 Å². The molecular formula is C14H12N2OS. The van der Waals surface area contributed by atoms with Gasteiger partial charge in [0.05, 0.1) is 10.2 Å². The van der Waals surface area contributed by atoms with Gasteiger partial charge in [0, 0.05) is 11.3 Å². The van der Waals surface area contributed by atoms with Crippen LogP contribution in [-0.4, -0.2) is 10.1 Å². The van der Waals surface area contributed by atoms with E-state index in [2.05, 4.69) is 4.98 Å². The summed E-state index contributed by atoms with van der Waals surface area (Å²) in [6.45, 7) is 2.01. The van der Waals surface area contributed by atoms with Crippen LogP contribution in [-0.2, 0) is 0 Å². The van der Waals surface area contributed by atoms with E-state index >= 15 is 0 Å². The van der Waals surface area contributed by atoms with Gasteiger partial charge in [0.25, 0.3) is 0 Å². The van der Waals surface area contributed by atoms with Crippen LogP contribution >= 0.6 is 11.3 Å². The third-order valence-electron chi connectivity index (χ3n) is 2.81. The van der Waals surface area contributed by atoms with Crippen LogP contribution in [0.4, 0.5) is 5.69 Å². The normalized spacial score (nSPS) is 10.9. The van der Waals surface area contributed by atoms with Gasteiger partial charge in [0.1, 0.15) is 10.8 Å². The number of phenols is 1. The Morgan fingerprint density at radius 3 is 2.78 bits per heavy atom. The minimum Gasteiger partial charge on any atom is -0.508 e. The molecule has 90 valence electrons. The van der Waals surface area contributed by atoms with Crippen LogP contribution in [0.3, 0.4) is 0 Å². The fraction of sp³-hybridized carbons (Fsp3) is 0.0714. The number of nitrogens with two attached hydrogens (primary N) is 1. The van der Waals surface area contributed by atoms with Gasteiger partial charge in [-0.15, -0.1) is 11.3 Å². The number of fused-ring (bicyclic) bond motifs is 1. The second kappa shape index (κ2) is 3.99. The van der Waals surface area contributed by atoms with Crippen LogP contribution in [0.1, 0.15) is 5.56 Å². The second-order valence-corrected chi connectivity index (χ2v) is 5.29. The molecule has 3 N–H and O–H groups in total. The van der Waals surface area contributed by atoms with Crippen molar-refractivity contribution in [2.75, 3.05) is 5.73 Å². The molecule has 0 amide bonds. The minimum atomic E-state index is 0.259. The molecule has 1 heterocycles. The van der Waals surface area contributed by atoms with Gasteiger partial charge in [0.2, 0.25) is 0 Å². The third kappa shape index (κ3) is 1.80. The van der Waals surface area contributed by atoms with Crippen molar-refractivity contribution in [3.63, 3.8) is 0 Å². The van der Waals surface area contributed by atoms with Crippen molar-refractivity contribution in [3.8, 4) is 16.3 Å². The third-order valence-corrected chi connectivity index (χ3v) is 3.86. The monoisotopic (exact) mass is 256 g/mol. The molecule has 0 bridgehead atoms. The van der Waals surface area contributed by atoms with Crippen molar-refractivity contribution in [2.24, 2.45) is 0 Å². The highest BCUT2D eigenvalue weighted by Gasteiger charge is 2.09. The number of aromatic nitrogens is 1. The lowest BCUT2D eigenvalue weighted by Crippen LogP contribution is -1.90. The first-order valence-corrected chi connectivity index (χ1v) is 6.41. The van der Waals surface area contributed by atoms with E-state index in [4.69, 9.17) is 5.73 Å². The number of phenolic OH excluding ortho intramolecular Hbond substituents is 1. The molecule has 3 nitrogen and oxygen atoms in total. The van der Waals surface area contributed by atoms with Crippen LogP contribution in [0.2, 0.25) is 0 Å². The van der Waals surface area contributed by atoms with Gasteiger partial charge in [-0.05, 0) is 42.8 Å². The summed E-state index contributed by atoms with van der Waals surface area (Å²) in [6, 6.07) is 11.1. The van der Waals surface area contributed by atoms with E-state index in [0.29, 0.717) is 0 Å². The Balaban J connectivity index is 2.19. The molecule has 0 aliphatic heterocycles. The fourth-order valence-corrected chi connectivity index (χ4v) is 2.95. The molecule has 4 heteroatoms. The first-order valence-electron chi connectivity index (χ1n) is 5.59. The molecule has 0 atom stereocenters. The highest BCUT2D eigenvalue weighted by Crippen LogP contribution is 2.34. The largest absolute Gasteiger partial charge is 0.508 e. The van der Waals surface area contributed by atoms with Gasteiger partial charge >= 0.3 is 0 Å². The molecule has 0 aliphatic rings. The minimum absolute atomic E-state index is 0.259. The standard InChI is InChI=1S/C14H12N2OS/c1-8-2-4-10(11(15)6-8)14-16-12-5-3-9(17)7-13(12)18-14/h2-7,17H,15H2,1H3. The average molecular weight is 256 g/mol. The summed E-state index contributed by atoms with van der Waals surface area (Å²) in [5, 5.41) is 10.3. The number of nitrogen functional groups attached to an aromatic ring is 1. The van der Waals surface area contributed by atoms with Gasteiger partial charge in [-0.3, -0.25) is 0 Å². The predicted octanol–water partition coefficient (Wildman–Crippen LogP) is 3.56. The zero-order valence-electron chi connectivity index (χ0n) is 9.84. The van der Waals surface area contributed by atoms with Crippen LogP contribution in [0.5, 0.6) is 5.75 Å². The summed E-state index contributed by atoms with van der Waals surface area (Å²) in [4.78, 5) is 4.54. The van der Waals surface area contributed by atoms with Crippen molar-refractivity contribution in [2.45, 2.75) is 6.92 Å². The number of hydrogen-bond donors (Lipinski definition) is 2. The van der Waals surface area contributed by atoms with Gasteiger partial charge < -0.3 is 10.8 Å². The number of hydrogen-bond acceptors (Lipinski definition) is 4. The van der Waals surface area contributed by atoms with Crippen LogP contribution in [0.15, 0.2) is 36.4 Å². The zero-order chi connectivity index (χ0) is 12.7. The number of aromatic hydroxyl groups is 1. The van der Waals surface area contributed by atoms with Gasteiger partial charge in [-0.25, -0.2) is 4.98 Å². The van der Waals surface area contributed by atoms with Crippen molar-refractivity contribution in [3.05, 3.63) is 42.0 Å². The zero-order valence-corrected chi connectivity index (χ0v) is 10.7. The summed E-state index contributed by atoms with van der Waals surface area (Å²) in [6.07, 6.45) is 0. The van der Waals surface area contributed by atoms with Crippen molar-refractivity contribution in [1.82, 2.24) is 4.98 Å². The Labute approximate surface area is 109 Å². The van der Waals surface area contributed by atoms with E-state index in [0.717, 1.165) is 32.0 Å². The number of benzene rings is 2. The lowest BCUT2D eigenvalue weighted by Gasteiger charge is -2.02. The number of rotatable bonds is 1. The molecule has 3 aromatic rings. The molecule has 0 spiro atoms. The van der Waals surface area contributed by atoms with Gasteiger partial charge in [0.15, 0.2) is 0 Å². The van der Waals surface area contributed by atoms with Crippen LogP contribution < -0.4 is 5.73 Å². The quantitative estimate of drug-likeness (QED) is 0.654. The summed E-state index contributed by atoms with van der Waals surface area (Å²) >= 11 is 1.53. The molecule has 1 aromatic heterocycles. The highest BCUT2D eigenvalue weighted by molar-refractivity contribution is 7.21. The van der Waals surface area contributed by atoms with Gasteiger partial charge in [-0.2, -0.15) is 0 Å². The van der Waals surface area contributed by atoms with Crippen molar-refractivity contribution in [1.29, 1.82) is 0 Å². The smallest absolute Gasteiger partial charge is 0.126 e. The number of aryl methyl sites for hydroxylation is 1. The van der Waals surface area contributed by atoms with E-state index in [-0.39, 0.29) is 5.75 Å². The first kappa shape index (κ1) is 11.0. The van der Waals surface area contributed by atoms with Gasteiger partial charge in [-0.1, -0.05) is 6.07 Å². The Kier molecular flexibility index (Phi) is 2.45. The summed E-state index contributed by atoms with van der Waals surface area (Å²) in [7, 11) is 0. The molecule has 2 aromatic carbocycles. The second-order valence-electron chi connectivity index (χ2n) is 4.26. The Hall–Kier alpha value is -2.07. The summed E-state index contributed by atoms with van der Waals surface area (Å²) in [5.74, 6) is 0.259. The molecule has 0 fully saturated rings. The molecule has 18 heavy (non-hydrogen) atoms. The predicted molar refractivity (Wildman–Crippen MR) is 75.9 cm³/mol. The lowest BCUT2D eigenvalue weighted by molar-refractivity contribution is 0.476. The molecular weight excluding hydrogens is 244 g/mol. The number of anilines is 1. The highest BCUT2D eigenvalue weighted by atomic mass is 32.1. The molecule has 3 rings (SSSR count). The lowest BCUT2D eigenvalue weighted by atomic mass is 10.1. The Bertz CT molecular complexity index is 734. The SMILES string of the molecule is Cc1ccc(-c2nc3ccc(O)cc3s2)c(N)c1. The first-order chi connectivity index (χ1) is 8.63. The molecule has 0 unspecified atom stereocenters. The van der Waals surface area contributed by atoms with Crippen LogP contribution in [0.25, 0.3) is 20.8 Å². The fourth-order valence-electron chi connectivity index (χ4n) is 1.91. The number of thiazole rings is 1. The topological polar surface area (TPSA) is 59.1 Å². The Morgan fingerprint density at radius 1 is 1.17 bits per heavy atom. The average Bonchev–Trinajstić information content (AvgIpc) is 2.71. The number of nitrogens with zero attached hydrogens (tertiary/aromatic N) is 1. The van der Waals surface area contributed by atoms with E-state index in [1.165, 1.54) is 11.3 Å². The molecule has 0 radical (unpaired) electrons. The molecule has 0 saturated carbocycles. The summed E-state index contributed by atoms with van der Waals surface area (Å²) in [5.41, 5.74) is 9.72. The molecule has 0 aliphatic carbocycles. The summed E-state index contributed by atoms with van der Waals surface area (Å²) < 4.78 is 0.963. The van der Waals surface area contributed by atoms with Crippen molar-refractivity contribution < 1.29 is 5.11 Å². The maximum Gasteiger partial charge on any atom is 0.126 e. The van der Waals surface area contributed by atoms with Crippen molar-refractivity contribution >= 4 is 27.2 Å². The van der Waals surface area contributed by atoms with E-state index in [1.54, 1.807) is 12.1 Å². The van der Waals surface area contributed by atoms with Crippen LogP contribution in [0, 0.1) is 6.92 Å².